The molecule has 1 aromatic rings. The molecule has 0 unspecified atom stereocenters. The predicted molar refractivity (Wildman–Crippen MR) is 53.9 cm³/mol. The number of benzene rings is 1. The van der Waals surface area contributed by atoms with E-state index in [1.165, 1.54) is 26.0 Å². The minimum atomic E-state index is -4.45. The Balaban J connectivity index is 3.51. The van der Waals surface area contributed by atoms with Crippen molar-refractivity contribution in [3.05, 3.63) is 33.3 Å². The zero-order valence-electron chi connectivity index (χ0n) is 8.07. The average Bonchev–Trinajstić information content (AvgIpc) is 2.00. The molecule has 0 spiro atoms. The summed E-state index contributed by atoms with van der Waals surface area (Å²) in [7, 11) is 0. The van der Waals surface area contributed by atoms with E-state index < -0.39 is 11.7 Å². The van der Waals surface area contributed by atoms with Gasteiger partial charge in [-0.1, -0.05) is 22.0 Å². The number of carbonyl (C=O) groups excluding carboxylic acids is 1. The number of hydrogen-bond acceptors (Lipinski definition) is 1. The van der Waals surface area contributed by atoms with Crippen LogP contribution in [0.15, 0.2) is 16.6 Å². The van der Waals surface area contributed by atoms with Crippen LogP contribution in [0.2, 0.25) is 0 Å². The molecule has 15 heavy (non-hydrogen) atoms. The lowest BCUT2D eigenvalue weighted by molar-refractivity contribution is -0.138. The third kappa shape index (κ3) is 2.40. The lowest BCUT2D eigenvalue weighted by Gasteiger charge is -2.14. The second-order valence-electron chi connectivity index (χ2n) is 3.15. The molecule has 0 saturated carbocycles. The minimum Gasteiger partial charge on any atom is -0.295 e. The van der Waals surface area contributed by atoms with E-state index >= 15 is 0 Å². The van der Waals surface area contributed by atoms with Gasteiger partial charge in [0.05, 0.1) is 5.56 Å². The summed E-state index contributed by atoms with van der Waals surface area (Å²) < 4.78 is 37.8. The van der Waals surface area contributed by atoms with Crippen LogP contribution in [-0.4, -0.2) is 5.78 Å². The molecule has 0 aromatic heterocycles. The van der Waals surface area contributed by atoms with Gasteiger partial charge >= 0.3 is 6.18 Å². The summed E-state index contributed by atoms with van der Waals surface area (Å²) in [4.78, 5) is 11.1. The summed E-state index contributed by atoms with van der Waals surface area (Å²) in [6, 6.07) is 2.63. The first kappa shape index (κ1) is 12.2. The highest BCUT2D eigenvalue weighted by Gasteiger charge is 2.35. The molecule has 0 atom stereocenters. The fraction of sp³-hybridized carbons (Fsp3) is 0.300. The summed E-state index contributed by atoms with van der Waals surface area (Å²) in [6.45, 7) is 2.54. The Morgan fingerprint density at radius 2 is 1.87 bits per heavy atom. The van der Waals surface area contributed by atoms with Crippen molar-refractivity contribution in [2.24, 2.45) is 0 Å². The van der Waals surface area contributed by atoms with Crippen LogP contribution in [0.5, 0.6) is 0 Å². The number of alkyl halides is 3. The second kappa shape index (κ2) is 3.96. The normalized spacial score (nSPS) is 11.6. The van der Waals surface area contributed by atoms with Gasteiger partial charge in [-0.3, -0.25) is 4.79 Å². The van der Waals surface area contributed by atoms with Crippen molar-refractivity contribution < 1.29 is 18.0 Å². The summed E-state index contributed by atoms with van der Waals surface area (Å²) in [5, 5.41) is 0. The molecule has 0 saturated heterocycles. The van der Waals surface area contributed by atoms with Crippen molar-refractivity contribution in [2.45, 2.75) is 20.0 Å². The zero-order valence-corrected chi connectivity index (χ0v) is 9.66. The average molecular weight is 281 g/mol. The zero-order chi connectivity index (χ0) is 11.8. The minimum absolute atomic E-state index is 0.0376. The second-order valence-corrected chi connectivity index (χ2v) is 4.00. The van der Waals surface area contributed by atoms with Gasteiger partial charge in [0, 0.05) is 10.0 Å². The number of halogens is 4. The Labute approximate surface area is 93.4 Å². The molecule has 1 rings (SSSR count). The number of Topliss-reactive ketones (excluding diaryl/α,β-unsaturated/α-hetero) is 1. The van der Waals surface area contributed by atoms with Crippen LogP contribution in [-0.2, 0) is 6.18 Å². The monoisotopic (exact) mass is 280 g/mol. The smallest absolute Gasteiger partial charge is 0.295 e. The van der Waals surface area contributed by atoms with Crippen LogP contribution in [0.1, 0.15) is 28.4 Å². The van der Waals surface area contributed by atoms with Gasteiger partial charge in [0.1, 0.15) is 0 Å². The Kier molecular flexibility index (Phi) is 3.23. The van der Waals surface area contributed by atoms with E-state index in [9.17, 15) is 18.0 Å². The number of carbonyl (C=O) groups is 1. The molecule has 0 bridgehead atoms. The first-order valence-electron chi connectivity index (χ1n) is 4.12. The fourth-order valence-electron chi connectivity index (χ4n) is 1.41. The Bertz CT molecular complexity index is 410. The Hall–Kier alpha value is -0.840. The van der Waals surface area contributed by atoms with E-state index in [1.807, 2.05) is 0 Å². The van der Waals surface area contributed by atoms with Crippen molar-refractivity contribution in [1.82, 2.24) is 0 Å². The van der Waals surface area contributed by atoms with Gasteiger partial charge in [0.15, 0.2) is 5.78 Å². The molecular weight excluding hydrogens is 273 g/mol. The molecule has 0 heterocycles. The first-order valence-corrected chi connectivity index (χ1v) is 4.91. The standard InChI is InChI=1S/C10H8BrF3O/c1-5-7(6(2)15)3-4-8(11)9(5)10(12,13)14/h3-4H,1-2H3. The van der Waals surface area contributed by atoms with Gasteiger partial charge in [-0.15, -0.1) is 0 Å². The van der Waals surface area contributed by atoms with Gasteiger partial charge in [-0.2, -0.15) is 13.2 Å². The Morgan fingerprint density at radius 1 is 1.33 bits per heavy atom. The van der Waals surface area contributed by atoms with Gasteiger partial charge in [0.2, 0.25) is 0 Å². The number of ketones is 1. The van der Waals surface area contributed by atoms with E-state index in [0.717, 1.165) is 0 Å². The van der Waals surface area contributed by atoms with Crippen molar-refractivity contribution in [2.75, 3.05) is 0 Å². The van der Waals surface area contributed by atoms with Crippen LogP contribution in [0.3, 0.4) is 0 Å². The van der Waals surface area contributed by atoms with Crippen LogP contribution in [0, 0.1) is 6.92 Å². The maximum absolute atomic E-state index is 12.6. The van der Waals surface area contributed by atoms with Gasteiger partial charge in [-0.05, 0) is 25.5 Å². The fourth-order valence-corrected chi connectivity index (χ4v) is 2.06. The summed E-state index contributed by atoms with van der Waals surface area (Å²) in [6.07, 6.45) is -4.45. The highest BCUT2D eigenvalue weighted by Crippen LogP contribution is 2.38. The molecule has 0 aliphatic carbocycles. The lowest BCUT2D eigenvalue weighted by atomic mass is 10.00. The van der Waals surface area contributed by atoms with E-state index in [1.54, 1.807) is 0 Å². The summed E-state index contributed by atoms with van der Waals surface area (Å²) >= 11 is 2.83. The van der Waals surface area contributed by atoms with E-state index in [2.05, 4.69) is 15.9 Å². The van der Waals surface area contributed by atoms with E-state index in [0.29, 0.717) is 0 Å². The first-order chi connectivity index (χ1) is 6.75. The molecule has 0 N–H and O–H groups in total. The van der Waals surface area contributed by atoms with Gasteiger partial charge < -0.3 is 0 Å². The maximum Gasteiger partial charge on any atom is 0.417 e. The van der Waals surface area contributed by atoms with Crippen LogP contribution < -0.4 is 0 Å². The van der Waals surface area contributed by atoms with Crippen molar-refractivity contribution in [1.29, 1.82) is 0 Å². The van der Waals surface area contributed by atoms with Crippen LogP contribution in [0.25, 0.3) is 0 Å². The van der Waals surface area contributed by atoms with Crippen molar-refractivity contribution in [3.63, 3.8) is 0 Å². The largest absolute Gasteiger partial charge is 0.417 e. The van der Waals surface area contributed by atoms with Gasteiger partial charge in [0.25, 0.3) is 0 Å². The predicted octanol–water partition coefficient (Wildman–Crippen LogP) is 3.98. The van der Waals surface area contributed by atoms with Crippen LogP contribution in [0.4, 0.5) is 13.2 Å². The highest BCUT2D eigenvalue weighted by molar-refractivity contribution is 9.10. The summed E-state index contributed by atoms with van der Waals surface area (Å²) in [5.74, 6) is -0.370. The van der Waals surface area contributed by atoms with Crippen molar-refractivity contribution in [3.8, 4) is 0 Å². The molecule has 0 radical (unpaired) electrons. The van der Waals surface area contributed by atoms with E-state index in [-0.39, 0.29) is 21.4 Å². The molecule has 0 fully saturated rings. The molecular formula is C10H8BrF3O. The maximum atomic E-state index is 12.6. The topological polar surface area (TPSA) is 17.1 Å². The SMILES string of the molecule is CC(=O)c1ccc(Br)c(C(F)(F)F)c1C. The highest BCUT2D eigenvalue weighted by atomic mass is 79.9. The third-order valence-electron chi connectivity index (χ3n) is 2.08. The van der Waals surface area contributed by atoms with E-state index in [4.69, 9.17) is 0 Å². The van der Waals surface area contributed by atoms with Crippen LogP contribution >= 0.6 is 15.9 Å². The number of rotatable bonds is 1. The molecule has 0 amide bonds. The Morgan fingerprint density at radius 3 is 2.27 bits per heavy atom. The quantitative estimate of drug-likeness (QED) is 0.711. The van der Waals surface area contributed by atoms with Gasteiger partial charge in [-0.25, -0.2) is 0 Å². The third-order valence-corrected chi connectivity index (χ3v) is 2.74. The lowest BCUT2D eigenvalue weighted by Crippen LogP contribution is -2.11. The number of hydrogen-bond donors (Lipinski definition) is 0. The molecule has 82 valence electrons. The molecule has 0 aliphatic heterocycles. The molecule has 1 nitrogen and oxygen atoms in total. The molecule has 5 heteroatoms. The molecule has 1 aromatic carbocycles. The molecule has 0 aliphatic rings. The summed E-state index contributed by atoms with van der Waals surface area (Å²) in [5.41, 5.74) is -0.717. The van der Waals surface area contributed by atoms with Crippen molar-refractivity contribution >= 4 is 21.7 Å².